The molecule has 0 aliphatic carbocycles. The highest BCUT2D eigenvalue weighted by Crippen LogP contribution is 2.08. The van der Waals surface area contributed by atoms with E-state index in [9.17, 15) is 0 Å². The van der Waals surface area contributed by atoms with E-state index in [2.05, 4.69) is 53.7 Å². The van der Waals surface area contributed by atoms with Gasteiger partial charge in [-0.25, -0.2) is 4.99 Å². The monoisotopic (exact) mass is 428 g/mol. The standard InChI is InChI=1S/C17H24N4O.HI/c1-4-15-10-16(22-21-15)12-20-17(18-5-2)19-11-14-9-7-6-8-13(14)3;/h6-10H,4-5,11-12H2,1-3H3,(H2,18,19,20);1H. The molecular weight excluding hydrogens is 403 g/mol. The minimum Gasteiger partial charge on any atom is -0.359 e. The maximum absolute atomic E-state index is 5.27. The zero-order valence-electron chi connectivity index (χ0n) is 13.9. The van der Waals surface area contributed by atoms with Crippen molar-refractivity contribution in [3.8, 4) is 0 Å². The first kappa shape index (κ1) is 19.5. The fraction of sp³-hybridized carbons (Fsp3) is 0.412. The molecule has 5 nitrogen and oxygen atoms in total. The molecule has 23 heavy (non-hydrogen) atoms. The Bertz CT molecular complexity index is 625. The lowest BCUT2D eigenvalue weighted by molar-refractivity contribution is 0.374. The van der Waals surface area contributed by atoms with Crippen LogP contribution in [0.5, 0.6) is 0 Å². The summed E-state index contributed by atoms with van der Waals surface area (Å²) in [7, 11) is 0. The SMILES string of the molecule is CCNC(=NCc1ccccc1C)NCc1cc(CC)no1.I. The molecule has 1 heterocycles. The van der Waals surface area contributed by atoms with Crippen LogP contribution < -0.4 is 10.6 Å². The Hall–Kier alpha value is -1.57. The number of aryl methyl sites for hydroxylation is 2. The largest absolute Gasteiger partial charge is 0.359 e. The van der Waals surface area contributed by atoms with E-state index in [1.807, 2.05) is 18.2 Å². The van der Waals surface area contributed by atoms with Gasteiger partial charge in [0.1, 0.15) is 0 Å². The van der Waals surface area contributed by atoms with Crippen LogP contribution in [0.1, 0.15) is 36.4 Å². The van der Waals surface area contributed by atoms with Crippen LogP contribution in [0, 0.1) is 6.92 Å². The summed E-state index contributed by atoms with van der Waals surface area (Å²) < 4.78 is 5.27. The van der Waals surface area contributed by atoms with Gasteiger partial charge in [0.2, 0.25) is 0 Å². The fourth-order valence-corrected chi connectivity index (χ4v) is 2.07. The molecule has 0 saturated carbocycles. The summed E-state index contributed by atoms with van der Waals surface area (Å²) in [6.07, 6.45) is 0.880. The summed E-state index contributed by atoms with van der Waals surface area (Å²) in [6.45, 7) is 8.25. The van der Waals surface area contributed by atoms with E-state index in [0.29, 0.717) is 13.1 Å². The number of aromatic nitrogens is 1. The molecule has 0 bridgehead atoms. The van der Waals surface area contributed by atoms with Gasteiger partial charge in [-0.15, -0.1) is 24.0 Å². The third kappa shape index (κ3) is 6.21. The van der Waals surface area contributed by atoms with Crippen molar-refractivity contribution in [3.63, 3.8) is 0 Å². The number of rotatable bonds is 6. The Morgan fingerprint density at radius 2 is 2.00 bits per heavy atom. The molecule has 2 N–H and O–H groups in total. The smallest absolute Gasteiger partial charge is 0.191 e. The molecule has 0 saturated heterocycles. The van der Waals surface area contributed by atoms with Gasteiger partial charge in [-0.2, -0.15) is 0 Å². The predicted octanol–water partition coefficient (Wildman–Crippen LogP) is 3.42. The number of nitrogens with one attached hydrogen (secondary N) is 2. The van der Waals surface area contributed by atoms with E-state index in [0.717, 1.165) is 30.4 Å². The van der Waals surface area contributed by atoms with Crippen LogP contribution in [-0.4, -0.2) is 17.7 Å². The van der Waals surface area contributed by atoms with E-state index >= 15 is 0 Å². The molecule has 0 atom stereocenters. The Balaban J connectivity index is 0.00000264. The first-order valence-electron chi connectivity index (χ1n) is 7.74. The molecule has 0 spiro atoms. The number of aliphatic imine (C=N–C) groups is 1. The second-order valence-corrected chi connectivity index (χ2v) is 5.11. The van der Waals surface area contributed by atoms with Crippen molar-refractivity contribution in [3.05, 3.63) is 52.9 Å². The summed E-state index contributed by atoms with van der Waals surface area (Å²) >= 11 is 0. The zero-order valence-corrected chi connectivity index (χ0v) is 16.3. The molecule has 1 aromatic heterocycles. The van der Waals surface area contributed by atoms with Gasteiger partial charge in [0.15, 0.2) is 11.7 Å². The van der Waals surface area contributed by atoms with Crippen LogP contribution in [0.25, 0.3) is 0 Å². The van der Waals surface area contributed by atoms with Crippen LogP contribution >= 0.6 is 24.0 Å². The Morgan fingerprint density at radius 3 is 2.65 bits per heavy atom. The van der Waals surface area contributed by atoms with E-state index < -0.39 is 0 Å². The number of halogens is 1. The van der Waals surface area contributed by atoms with Gasteiger partial charge in [-0.1, -0.05) is 36.3 Å². The van der Waals surface area contributed by atoms with Crippen LogP contribution in [-0.2, 0) is 19.5 Å². The maximum atomic E-state index is 5.27. The van der Waals surface area contributed by atoms with Crippen molar-refractivity contribution >= 4 is 29.9 Å². The van der Waals surface area contributed by atoms with Gasteiger partial charge in [0.05, 0.1) is 18.8 Å². The fourth-order valence-electron chi connectivity index (χ4n) is 2.07. The van der Waals surface area contributed by atoms with Crippen LogP contribution in [0.4, 0.5) is 0 Å². The molecule has 6 heteroatoms. The minimum absolute atomic E-state index is 0. The summed E-state index contributed by atoms with van der Waals surface area (Å²) in [4.78, 5) is 4.62. The van der Waals surface area contributed by atoms with Gasteiger partial charge < -0.3 is 15.2 Å². The van der Waals surface area contributed by atoms with E-state index in [1.165, 1.54) is 11.1 Å². The molecule has 0 aliphatic heterocycles. The number of hydrogen-bond acceptors (Lipinski definition) is 3. The molecule has 0 unspecified atom stereocenters. The molecule has 0 fully saturated rings. The summed E-state index contributed by atoms with van der Waals surface area (Å²) in [5.74, 6) is 1.60. The number of hydrogen-bond donors (Lipinski definition) is 2. The van der Waals surface area contributed by atoms with Crippen molar-refractivity contribution in [2.45, 2.75) is 40.3 Å². The molecule has 126 valence electrons. The molecule has 2 aromatic rings. The predicted molar refractivity (Wildman–Crippen MR) is 104 cm³/mol. The van der Waals surface area contributed by atoms with E-state index in [4.69, 9.17) is 4.52 Å². The normalized spacial score (nSPS) is 11.0. The Morgan fingerprint density at radius 1 is 1.22 bits per heavy atom. The lowest BCUT2D eigenvalue weighted by Gasteiger charge is -2.10. The highest BCUT2D eigenvalue weighted by molar-refractivity contribution is 14.0. The highest BCUT2D eigenvalue weighted by Gasteiger charge is 2.04. The van der Waals surface area contributed by atoms with Crippen molar-refractivity contribution in [2.24, 2.45) is 4.99 Å². The number of benzene rings is 1. The molecule has 0 aliphatic rings. The van der Waals surface area contributed by atoms with Crippen LogP contribution in [0.3, 0.4) is 0 Å². The lowest BCUT2D eigenvalue weighted by Crippen LogP contribution is -2.36. The lowest BCUT2D eigenvalue weighted by atomic mass is 10.1. The average Bonchev–Trinajstić information content (AvgIpc) is 2.99. The van der Waals surface area contributed by atoms with Gasteiger partial charge in [-0.05, 0) is 31.4 Å². The molecule has 2 rings (SSSR count). The van der Waals surface area contributed by atoms with Gasteiger partial charge in [0, 0.05) is 12.6 Å². The second-order valence-electron chi connectivity index (χ2n) is 5.11. The van der Waals surface area contributed by atoms with Crippen molar-refractivity contribution in [1.82, 2.24) is 15.8 Å². The quantitative estimate of drug-likeness (QED) is 0.421. The third-order valence-corrected chi connectivity index (χ3v) is 3.41. The number of guanidine groups is 1. The van der Waals surface area contributed by atoms with E-state index in [1.54, 1.807) is 0 Å². The summed E-state index contributed by atoms with van der Waals surface area (Å²) in [5, 5.41) is 10.5. The Kier molecular flexibility index (Phi) is 8.68. The van der Waals surface area contributed by atoms with Crippen LogP contribution in [0.15, 0.2) is 39.8 Å². The second kappa shape index (κ2) is 10.3. The van der Waals surface area contributed by atoms with Gasteiger partial charge in [0.25, 0.3) is 0 Å². The molecule has 0 radical (unpaired) electrons. The van der Waals surface area contributed by atoms with Crippen molar-refractivity contribution < 1.29 is 4.52 Å². The summed E-state index contributed by atoms with van der Waals surface area (Å²) in [5.41, 5.74) is 3.45. The molecule has 0 amide bonds. The topological polar surface area (TPSA) is 62.5 Å². The van der Waals surface area contributed by atoms with E-state index in [-0.39, 0.29) is 24.0 Å². The molecular formula is C17H25IN4O. The van der Waals surface area contributed by atoms with Crippen molar-refractivity contribution in [2.75, 3.05) is 6.54 Å². The van der Waals surface area contributed by atoms with Crippen molar-refractivity contribution in [1.29, 1.82) is 0 Å². The first-order valence-corrected chi connectivity index (χ1v) is 7.74. The first-order chi connectivity index (χ1) is 10.7. The summed E-state index contributed by atoms with van der Waals surface area (Å²) in [6, 6.07) is 10.3. The number of nitrogens with zero attached hydrogens (tertiary/aromatic N) is 2. The third-order valence-electron chi connectivity index (χ3n) is 3.41. The van der Waals surface area contributed by atoms with Gasteiger partial charge >= 0.3 is 0 Å². The van der Waals surface area contributed by atoms with Crippen LogP contribution in [0.2, 0.25) is 0 Å². The minimum atomic E-state index is 0. The zero-order chi connectivity index (χ0) is 15.8. The highest BCUT2D eigenvalue weighted by atomic mass is 127. The molecule has 1 aromatic carbocycles. The average molecular weight is 428 g/mol. The Labute approximate surface area is 155 Å². The maximum Gasteiger partial charge on any atom is 0.191 e. The van der Waals surface area contributed by atoms with Gasteiger partial charge in [-0.3, -0.25) is 0 Å².